The van der Waals surface area contributed by atoms with Crippen molar-refractivity contribution < 1.29 is 0 Å². The van der Waals surface area contributed by atoms with Gasteiger partial charge in [0, 0.05) is 23.8 Å². The molecule has 0 spiro atoms. The molecular formula is C17H12N6S. The van der Waals surface area contributed by atoms with Crippen LogP contribution in [0.3, 0.4) is 0 Å². The number of hydrogen-bond donors (Lipinski definition) is 1. The van der Waals surface area contributed by atoms with Crippen molar-refractivity contribution in [1.29, 1.82) is 5.26 Å². The molecule has 1 N–H and O–H groups in total. The second-order valence-corrected chi connectivity index (χ2v) is 6.25. The SMILES string of the molecule is N#Cc1ccc(-c2cccc(CNc3nccn4cnnc34)c2)s1. The molecule has 0 aliphatic heterocycles. The summed E-state index contributed by atoms with van der Waals surface area (Å²) >= 11 is 1.50. The van der Waals surface area contributed by atoms with E-state index in [9.17, 15) is 0 Å². The molecule has 4 aromatic rings. The van der Waals surface area contributed by atoms with E-state index in [1.165, 1.54) is 11.3 Å². The van der Waals surface area contributed by atoms with Gasteiger partial charge in [0.1, 0.15) is 17.3 Å². The molecule has 6 nitrogen and oxygen atoms in total. The molecular weight excluding hydrogens is 320 g/mol. The lowest BCUT2D eigenvalue weighted by atomic mass is 10.1. The molecule has 7 heteroatoms. The third-order valence-corrected chi connectivity index (χ3v) is 4.64. The van der Waals surface area contributed by atoms with Crippen molar-refractivity contribution in [1.82, 2.24) is 19.6 Å². The van der Waals surface area contributed by atoms with Crippen molar-refractivity contribution in [3.8, 4) is 16.5 Å². The fourth-order valence-electron chi connectivity index (χ4n) is 2.46. The highest BCUT2D eigenvalue weighted by Crippen LogP contribution is 2.28. The van der Waals surface area contributed by atoms with E-state index >= 15 is 0 Å². The average molecular weight is 332 g/mol. The summed E-state index contributed by atoms with van der Waals surface area (Å²) in [6.45, 7) is 0.629. The summed E-state index contributed by atoms with van der Waals surface area (Å²) in [5, 5.41) is 20.2. The van der Waals surface area contributed by atoms with Gasteiger partial charge in [-0.05, 0) is 29.3 Å². The maximum absolute atomic E-state index is 8.96. The first-order chi connectivity index (χ1) is 11.8. The van der Waals surface area contributed by atoms with Gasteiger partial charge in [0.25, 0.3) is 0 Å². The van der Waals surface area contributed by atoms with Crippen LogP contribution in [0.1, 0.15) is 10.4 Å². The highest BCUT2D eigenvalue weighted by atomic mass is 32.1. The summed E-state index contributed by atoms with van der Waals surface area (Å²) in [5.41, 5.74) is 2.93. The van der Waals surface area contributed by atoms with E-state index < -0.39 is 0 Å². The van der Waals surface area contributed by atoms with Gasteiger partial charge in [0.15, 0.2) is 5.82 Å². The molecule has 4 rings (SSSR count). The zero-order valence-corrected chi connectivity index (χ0v) is 13.4. The van der Waals surface area contributed by atoms with Crippen LogP contribution >= 0.6 is 11.3 Å². The molecule has 116 valence electrons. The van der Waals surface area contributed by atoms with Crippen molar-refractivity contribution >= 4 is 22.8 Å². The molecule has 0 aliphatic carbocycles. The number of fused-ring (bicyclic) bond motifs is 1. The second kappa shape index (κ2) is 6.10. The van der Waals surface area contributed by atoms with Crippen LogP contribution in [0.4, 0.5) is 5.82 Å². The number of nitriles is 1. The Bertz CT molecular complexity index is 1040. The zero-order valence-electron chi connectivity index (χ0n) is 12.5. The second-order valence-electron chi connectivity index (χ2n) is 5.17. The molecule has 3 aromatic heterocycles. The van der Waals surface area contributed by atoms with Gasteiger partial charge < -0.3 is 5.32 Å². The molecule has 1 aromatic carbocycles. The Kier molecular flexibility index (Phi) is 3.65. The Labute approximate surface area is 142 Å². The van der Waals surface area contributed by atoms with E-state index in [1.54, 1.807) is 12.5 Å². The van der Waals surface area contributed by atoms with Gasteiger partial charge in [-0.1, -0.05) is 18.2 Å². The van der Waals surface area contributed by atoms with Gasteiger partial charge in [-0.2, -0.15) is 5.26 Å². The van der Waals surface area contributed by atoms with Crippen LogP contribution in [0.5, 0.6) is 0 Å². The first-order valence-electron chi connectivity index (χ1n) is 7.31. The number of thiophene rings is 1. The Hall–Kier alpha value is -3.24. The first kappa shape index (κ1) is 14.4. The molecule has 0 bridgehead atoms. The zero-order chi connectivity index (χ0) is 16.4. The minimum absolute atomic E-state index is 0.629. The van der Waals surface area contributed by atoms with Crippen molar-refractivity contribution in [2.75, 3.05) is 5.32 Å². The minimum atomic E-state index is 0.629. The average Bonchev–Trinajstić information content (AvgIpc) is 3.29. The Morgan fingerprint density at radius 3 is 3.08 bits per heavy atom. The molecule has 3 heterocycles. The molecule has 0 saturated heterocycles. The first-order valence-corrected chi connectivity index (χ1v) is 8.12. The maximum Gasteiger partial charge on any atom is 0.203 e. The number of aromatic nitrogens is 4. The van der Waals surface area contributed by atoms with Crippen molar-refractivity contribution in [3.63, 3.8) is 0 Å². The van der Waals surface area contributed by atoms with E-state index in [-0.39, 0.29) is 0 Å². The van der Waals surface area contributed by atoms with Crippen LogP contribution in [0.25, 0.3) is 16.1 Å². The van der Waals surface area contributed by atoms with Crippen molar-refractivity contribution in [2.45, 2.75) is 6.54 Å². The quantitative estimate of drug-likeness (QED) is 0.620. The predicted molar refractivity (Wildman–Crippen MR) is 92.6 cm³/mol. The molecule has 24 heavy (non-hydrogen) atoms. The third kappa shape index (κ3) is 2.71. The van der Waals surface area contributed by atoms with Crippen LogP contribution in [0.15, 0.2) is 55.1 Å². The molecule has 0 amide bonds. The number of benzene rings is 1. The molecule has 0 atom stereocenters. The fraction of sp³-hybridized carbons (Fsp3) is 0.0588. The summed E-state index contributed by atoms with van der Waals surface area (Å²) in [6, 6.07) is 14.2. The highest BCUT2D eigenvalue weighted by Gasteiger charge is 2.06. The Morgan fingerprint density at radius 1 is 1.25 bits per heavy atom. The lowest BCUT2D eigenvalue weighted by Crippen LogP contribution is -2.03. The van der Waals surface area contributed by atoms with Crippen LogP contribution in [0, 0.1) is 11.3 Å². The topological polar surface area (TPSA) is 78.9 Å². The predicted octanol–water partition coefficient (Wildman–Crippen LogP) is 3.34. The van der Waals surface area contributed by atoms with Crippen LogP contribution in [0.2, 0.25) is 0 Å². The van der Waals surface area contributed by atoms with Crippen LogP contribution in [-0.2, 0) is 6.54 Å². The number of hydrogen-bond acceptors (Lipinski definition) is 6. The number of rotatable bonds is 4. The number of nitrogens with zero attached hydrogens (tertiary/aromatic N) is 5. The summed E-state index contributed by atoms with van der Waals surface area (Å²) < 4.78 is 1.82. The Balaban J connectivity index is 1.56. The monoisotopic (exact) mass is 332 g/mol. The van der Waals surface area contributed by atoms with Gasteiger partial charge in [0.05, 0.1) is 0 Å². The molecule has 0 unspecified atom stereocenters. The number of nitrogens with one attached hydrogen (secondary N) is 1. The van der Waals surface area contributed by atoms with Crippen molar-refractivity contribution in [3.05, 3.63) is 65.6 Å². The maximum atomic E-state index is 8.96. The number of anilines is 1. The van der Waals surface area contributed by atoms with Crippen LogP contribution < -0.4 is 5.32 Å². The van der Waals surface area contributed by atoms with Gasteiger partial charge in [-0.25, -0.2) is 4.98 Å². The Morgan fingerprint density at radius 2 is 2.21 bits per heavy atom. The van der Waals surface area contributed by atoms with E-state index in [2.05, 4.69) is 38.7 Å². The van der Waals surface area contributed by atoms with Gasteiger partial charge >= 0.3 is 0 Å². The van der Waals surface area contributed by atoms with Crippen LogP contribution in [-0.4, -0.2) is 19.6 Å². The summed E-state index contributed by atoms with van der Waals surface area (Å²) in [5.74, 6) is 0.697. The standard InChI is InChI=1S/C17H12N6S/c18-9-14-4-5-15(24-14)13-3-1-2-12(8-13)10-20-16-17-22-21-11-23(17)7-6-19-16/h1-8,11H,10H2,(H,19,20). The summed E-state index contributed by atoms with van der Waals surface area (Å²) in [6.07, 6.45) is 5.17. The van der Waals surface area contributed by atoms with E-state index in [4.69, 9.17) is 5.26 Å². The third-order valence-electron chi connectivity index (χ3n) is 3.60. The lowest BCUT2D eigenvalue weighted by Gasteiger charge is -2.07. The molecule has 0 saturated carbocycles. The summed E-state index contributed by atoms with van der Waals surface area (Å²) in [7, 11) is 0. The molecule has 0 aliphatic rings. The van der Waals surface area contributed by atoms with E-state index in [0.717, 1.165) is 20.9 Å². The molecule has 0 fully saturated rings. The van der Waals surface area contributed by atoms with Gasteiger partial charge in [-0.3, -0.25) is 4.40 Å². The lowest BCUT2D eigenvalue weighted by molar-refractivity contribution is 1.07. The van der Waals surface area contributed by atoms with E-state index in [0.29, 0.717) is 18.0 Å². The van der Waals surface area contributed by atoms with E-state index in [1.807, 2.05) is 34.9 Å². The molecule has 0 radical (unpaired) electrons. The fourth-order valence-corrected chi connectivity index (χ4v) is 3.26. The minimum Gasteiger partial charge on any atom is -0.363 e. The normalized spacial score (nSPS) is 10.6. The van der Waals surface area contributed by atoms with Gasteiger partial charge in [0.2, 0.25) is 5.65 Å². The van der Waals surface area contributed by atoms with Crippen molar-refractivity contribution in [2.24, 2.45) is 0 Å². The highest BCUT2D eigenvalue weighted by molar-refractivity contribution is 7.16. The largest absolute Gasteiger partial charge is 0.363 e. The summed E-state index contributed by atoms with van der Waals surface area (Å²) in [4.78, 5) is 6.13. The smallest absolute Gasteiger partial charge is 0.203 e. The van der Waals surface area contributed by atoms with Gasteiger partial charge in [-0.15, -0.1) is 21.5 Å².